The molecule has 2 aromatic rings. The van der Waals surface area contributed by atoms with E-state index in [0.717, 1.165) is 6.07 Å². The maximum atomic E-state index is 13.3. The summed E-state index contributed by atoms with van der Waals surface area (Å²) >= 11 is 0. The van der Waals surface area contributed by atoms with Crippen LogP contribution in [0.4, 0.5) is 14.7 Å². The van der Waals surface area contributed by atoms with Crippen LogP contribution >= 0.6 is 0 Å². The highest BCUT2D eigenvalue weighted by Crippen LogP contribution is 2.28. The molecule has 1 heterocycles. The molecule has 0 aliphatic heterocycles. The molecular weight excluding hydrogens is 206 g/mol. The van der Waals surface area contributed by atoms with Gasteiger partial charge in [-0.25, -0.2) is 8.78 Å². The Bertz CT molecular complexity index is 511. The van der Waals surface area contributed by atoms with Crippen molar-refractivity contribution in [1.82, 2.24) is 5.16 Å². The Morgan fingerprint density at radius 1 is 1.20 bits per heavy atom. The number of nitrogen functional groups attached to an aromatic ring is 1. The molecule has 0 radical (unpaired) electrons. The first-order chi connectivity index (χ1) is 7.08. The first-order valence-corrected chi connectivity index (χ1v) is 3.98. The first kappa shape index (κ1) is 9.45. The Hall–Kier alpha value is -2.11. The van der Waals surface area contributed by atoms with E-state index in [1.54, 1.807) is 0 Å². The van der Waals surface area contributed by atoms with E-state index < -0.39 is 17.4 Å². The molecule has 0 unspecified atom stereocenters. The summed E-state index contributed by atoms with van der Waals surface area (Å²) in [7, 11) is 0. The van der Waals surface area contributed by atoms with Crippen molar-refractivity contribution in [2.75, 3.05) is 5.73 Å². The standard InChI is InChI=1S/C9H6F2N2O2/c10-5-2-8(14)6(11)1-4(5)7-3-9(12)15-13-7/h1-3,14H,12H2. The molecule has 0 bridgehead atoms. The smallest absolute Gasteiger partial charge is 0.222 e. The van der Waals surface area contributed by atoms with Crippen molar-refractivity contribution in [3.8, 4) is 17.0 Å². The lowest BCUT2D eigenvalue weighted by Crippen LogP contribution is -1.87. The zero-order valence-corrected chi connectivity index (χ0v) is 7.37. The number of hydrogen-bond acceptors (Lipinski definition) is 4. The summed E-state index contributed by atoms with van der Waals surface area (Å²) in [5, 5.41) is 12.3. The molecule has 1 aromatic heterocycles. The predicted molar refractivity (Wildman–Crippen MR) is 47.9 cm³/mol. The van der Waals surface area contributed by atoms with Gasteiger partial charge >= 0.3 is 0 Å². The molecule has 0 fully saturated rings. The summed E-state index contributed by atoms with van der Waals surface area (Å²) in [4.78, 5) is 0. The number of aromatic hydroxyl groups is 1. The summed E-state index contributed by atoms with van der Waals surface area (Å²) in [6.45, 7) is 0. The van der Waals surface area contributed by atoms with Crippen LogP contribution in [0.15, 0.2) is 22.7 Å². The number of rotatable bonds is 1. The van der Waals surface area contributed by atoms with Crippen LogP contribution in [0.1, 0.15) is 0 Å². The molecule has 0 saturated carbocycles. The topological polar surface area (TPSA) is 72.3 Å². The van der Waals surface area contributed by atoms with E-state index in [-0.39, 0.29) is 17.1 Å². The van der Waals surface area contributed by atoms with Gasteiger partial charge in [0.1, 0.15) is 11.5 Å². The van der Waals surface area contributed by atoms with Gasteiger partial charge in [-0.1, -0.05) is 5.16 Å². The van der Waals surface area contributed by atoms with E-state index in [9.17, 15) is 8.78 Å². The summed E-state index contributed by atoms with van der Waals surface area (Å²) in [5.74, 6) is -2.50. The van der Waals surface area contributed by atoms with E-state index >= 15 is 0 Å². The number of phenols is 1. The van der Waals surface area contributed by atoms with Crippen LogP contribution in [0.2, 0.25) is 0 Å². The largest absolute Gasteiger partial charge is 0.505 e. The van der Waals surface area contributed by atoms with Crippen LogP contribution in [-0.2, 0) is 0 Å². The number of benzene rings is 1. The van der Waals surface area contributed by atoms with Crippen LogP contribution in [0, 0.1) is 11.6 Å². The van der Waals surface area contributed by atoms with Crippen molar-refractivity contribution in [2.24, 2.45) is 0 Å². The Balaban J connectivity index is 2.58. The number of aromatic nitrogens is 1. The van der Waals surface area contributed by atoms with Crippen LogP contribution in [0.3, 0.4) is 0 Å². The molecule has 0 amide bonds. The number of nitrogens with two attached hydrogens (primary N) is 1. The Kier molecular flexibility index (Phi) is 2.03. The highest BCUT2D eigenvalue weighted by atomic mass is 19.1. The van der Waals surface area contributed by atoms with E-state index in [2.05, 4.69) is 9.68 Å². The lowest BCUT2D eigenvalue weighted by atomic mass is 10.1. The van der Waals surface area contributed by atoms with Gasteiger partial charge in [0.05, 0.1) is 0 Å². The third-order valence-corrected chi connectivity index (χ3v) is 1.84. The van der Waals surface area contributed by atoms with Gasteiger partial charge in [-0.3, -0.25) is 0 Å². The lowest BCUT2D eigenvalue weighted by molar-refractivity contribution is 0.425. The monoisotopic (exact) mass is 212 g/mol. The van der Waals surface area contributed by atoms with Crippen molar-refractivity contribution < 1.29 is 18.4 Å². The second-order valence-electron chi connectivity index (χ2n) is 2.90. The van der Waals surface area contributed by atoms with Gasteiger partial charge in [0.2, 0.25) is 5.88 Å². The van der Waals surface area contributed by atoms with Gasteiger partial charge in [-0.2, -0.15) is 0 Å². The third-order valence-electron chi connectivity index (χ3n) is 1.84. The van der Waals surface area contributed by atoms with Gasteiger partial charge in [0, 0.05) is 17.7 Å². The zero-order chi connectivity index (χ0) is 11.0. The molecule has 0 saturated heterocycles. The molecule has 1 aromatic carbocycles. The SMILES string of the molecule is Nc1cc(-c2cc(F)c(O)cc2F)no1. The minimum absolute atomic E-state index is 0.00196. The Labute approximate surface area is 82.9 Å². The molecule has 0 spiro atoms. The van der Waals surface area contributed by atoms with Crippen molar-refractivity contribution in [3.63, 3.8) is 0 Å². The molecule has 0 atom stereocenters. The van der Waals surface area contributed by atoms with Crippen molar-refractivity contribution in [1.29, 1.82) is 0 Å². The molecule has 3 N–H and O–H groups in total. The second-order valence-corrected chi connectivity index (χ2v) is 2.90. The maximum absolute atomic E-state index is 13.3. The fraction of sp³-hybridized carbons (Fsp3) is 0. The highest BCUT2D eigenvalue weighted by molar-refractivity contribution is 5.63. The average Bonchev–Trinajstić information content (AvgIpc) is 2.58. The summed E-state index contributed by atoms with van der Waals surface area (Å²) in [6, 6.07) is 2.74. The van der Waals surface area contributed by atoms with Crippen molar-refractivity contribution >= 4 is 5.88 Å². The number of halogens is 2. The van der Waals surface area contributed by atoms with Crippen LogP contribution < -0.4 is 5.73 Å². The van der Waals surface area contributed by atoms with Crippen molar-refractivity contribution in [3.05, 3.63) is 29.8 Å². The summed E-state index contributed by atoms with van der Waals surface area (Å²) < 4.78 is 30.7. The van der Waals surface area contributed by atoms with Gasteiger partial charge < -0.3 is 15.4 Å². The molecule has 0 aliphatic carbocycles. The van der Waals surface area contributed by atoms with E-state index in [1.807, 2.05) is 0 Å². The Morgan fingerprint density at radius 2 is 1.93 bits per heavy atom. The fourth-order valence-electron chi connectivity index (χ4n) is 1.15. The Morgan fingerprint density at radius 3 is 2.53 bits per heavy atom. The molecule has 6 heteroatoms. The zero-order valence-electron chi connectivity index (χ0n) is 7.37. The molecule has 78 valence electrons. The van der Waals surface area contributed by atoms with Gasteiger partial charge in [-0.05, 0) is 6.07 Å². The van der Waals surface area contributed by atoms with E-state index in [0.29, 0.717) is 6.07 Å². The number of phenolic OH excluding ortho intramolecular Hbond substituents is 1. The molecule has 4 nitrogen and oxygen atoms in total. The molecular formula is C9H6F2N2O2. The van der Waals surface area contributed by atoms with Crippen LogP contribution in [0.25, 0.3) is 11.3 Å². The average molecular weight is 212 g/mol. The fourth-order valence-corrected chi connectivity index (χ4v) is 1.15. The second kappa shape index (κ2) is 3.23. The molecule has 0 aliphatic rings. The third kappa shape index (κ3) is 1.61. The van der Waals surface area contributed by atoms with Crippen LogP contribution in [-0.4, -0.2) is 10.3 Å². The number of anilines is 1. The highest BCUT2D eigenvalue weighted by Gasteiger charge is 2.13. The number of hydrogen-bond donors (Lipinski definition) is 2. The minimum atomic E-state index is -0.937. The molecule has 2 rings (SSSR count). The first-order valence-electron chi connectivity index (χ1n) is 3.98. The lowest BCUT2D eigenvalue weighted by Gasteiger charge is -2.00. The number of nitrogens with zero attached hydrogens (tertiary/aromatic N) is 1. The maximum Gasteiger partial charge on any atom is 0.222 e. The van der Waals surface area contributed by atoms with Gasteiger partial charge in [-0.15, -0.1) is 0 Å². The van der Waals surface area contributed by atoms with Gasteiger partial charge in [0.15, 0.2) is 11.6 Å². The summed E-state index contributed by atoms with van der Waals surface area (Å²) in [6.07, 6.45) is 0. The molecule has 15 heavy (non-hydrogen) atoms. The minimum Gasteiger partial charge on any atom is -0.505 e. The quantitative estimate of drug-likeness (QED) is 0.757. The van der Waals surface area contributed by atoms with E-state index in [1.165, 1.54) is 6.07 Å². The van der Waals surface area contributed by atoms with Crippen LogP contribution in [0.5, 0.6) is 5.75 Å². The van der Waals surface area contributed by atoms with Gasteiger partial charge in [0.25, 0.3) is 0 Å². The normalized spacial score (nSPS) is 10.5. The summed E-state index contributed by atoms with van der Waals surface area (Å²) in [5.41, 5.74) is 5.19. The van der Waals surface area contributed by atoms with E-state index in [4.69, 9.17) is 10.8 Å². The predicted octanol–water partition coefficient (Wildman–Crippen LogP) is 1.91. The van der Waals surface area contributed by atoms with Crippen molar-refractivity contribution in [2.45, 2.75) is 0 Å².